The Morgan fingerprint density at radius 3 is 2.57 bits per heavy atom. The van der Waals surface area contributed by atoms with Gasteiger partial charge in [0.1, 0.15) is 18.2 Å². The number of ether oxygens (including phenoxy) is 1. The summed E-state index contributed by atoms with van der Waals surface area (Å²) in [5, 5.41) is 11.4. The molecule has 0 aliphatic carbocycles. The van der Waals surface area contributed by atoms with Crippen LogP contribution in [0.15, 0.2) is 42.5 Å². The van der Waals surface area contributed by atoms with Crippen LogP contribution in [0.3, 0.4) is 0 Å². The third-order valence-electron chi connectivity index (χ3n) is 2.65. The Hall–Kier alpha value is -2.11. The predicted octanol–water partition coefficient (Wildman–Crippen LogP) is 3.10. The third kappa shape index (κ3) is 4.18. The second-order valence-electron chi connectivity index (χ2n) is 4.17. The van der Waals surface area contributed by atoms with Crippen molar-refractivity contribution in [2.45, 2.75) is 0 Å². The quantitative estimate of drug-likeness (QED) is 0.892. The topological polar surface area (TPSA) is 58.6 Å². The summed E-state index contributed by atoms with van der Waals surface area (Å²) in [6, 6.07) is 10.2. The first kappa shape index (κ1) is 15.3. The van der Waals surface area contributed by atoms with Crippen LogP contribution in [0.25, 0.3) is 0 Å². The molecule has 0 aromatic heterocycles. The molecular formula is C15H13ClFNO3. The summed E-state index contributed by atoms with van der Waals surface area (Å²) in [5.41, 5.74) is 0.746. The van der Waals surface area contributed by atoms with Crippen LogP contribution in [0, 0.1) is 5.82 Å². The van der Waals surface area contributed by atoms with Gasteiger partial charge in [0.05, 0.1) is 17.2 Å². The molecule has 0 radical (unpaired) electrons. The van der Waals surface area contributed by atoms with E-state index in [4.69, 9.17) is 21.4 Å². The second-order valence-corrected chi connectivity index (χ2v) is 4.58. The Bertz CT molecular complexity index is 631. The summed E-state index contributed by atoms with van der Waals surface area (Å²) >= 11 is 5.83. The minimum Gasteiger partial charge on any atom is -0.491 e. The highest BCUT2D eigenvalue weighted by Crippen LogP contribution is 2.20. The van der Waals surface area contributed by atoms with Crippen molar-refractivity contribution in [1.29, 1.82) is 0 Å². The molecular weight excluding hydrogens is 297 g/mol. The first-order valence-electron chi connectivity index (χ1n) is 6.20. The normalized spacial score (nSPS) is 10.2. The second kappa shape index (κ2) is 7.06. The molecule has 0 fully saturated rings. The number of hydrogen-bond acceptors (Lipinski definition) is 3. The lowest BCUT2D eigenvalue weighted by Crippen LogP contribution is -2.12. The zero-order valence-corrected chi connectivity index (χ0v) is 11.7. The Morgan fingerprint density at radius 2 is 1.95 bits per heavy atom. The van der Waals surface area contributed by atoms with Crippen LogP contribution in [0.2, 0.25) is 5.02 Å². The van der Waals surface area contributed by atoms with Crippen LogP contribution in [-0.4, -0.2) is 24.2 Å². The van der Waals surface area contributed by atoms with Gasteiger partial charge in [0, 0.05) is 5.69 Å². The number of carbonyl (C=O) groups is 1. The highest BCUT2D eigenvalue weighted by atomic mass is 35.5. The van der Waals surface area contributed by atoms with E-state index in [1.807, 2.05) is 0 Å². The summed E-state index contributed by atoms with van der Waals surface area (Å²) in [6.45, 7) is 0.137. The lowest BCUT2D eigenvalue weighted by Gasteiger charge is -2.08. The van der Waals surface area contributed by atoms with Crippen molar-refractivity contribution >= 4 is 23.2 Å². The minimum atomic E-state index is -0.498. The number of aliphatic hydroxyl groups is 1. The highest BCUT2D eigenvalue weighted by Gasteiger charge is 2.11. The zero-order valence-electron chi connectivity index (χ0n) is 11.0. The van der Waals surface area contributed by atoms with Gasteiger partial charge in [0.25, 0.3) is 5.91 Å². The van der Waals surface area contributed by atoms with Gasteiger partial charge in [-0.3, -0.25) is 4.79 Å². The van der Waals surface area contributed by atoms with Crippen molar-refractivity contribution < 1.29 is 19.0 Å². The molecule has 21 heavy (non-hydrogen) atoms. The fourth-order valence-corrected chi connectivity index (χ4v) is 1.92. The van der Waals surface area contributed by atoms with Crippen LogP contribution in [0.1, 0.15) is 10.4 Å². The smallest absolute Gasteiger partial charge is 0.257 e. The number of hydrogen-bond donors (Lipinski definition) is 2. The standard InChI is InChI=1S/C15H13ClFNO3/c16-14-9-10(17)1-6-13(14)15(20)18-11-2-4-12(5-3-11)21-8-7-19/h1-6,9,19H,7-8H2,(H,18,20). The van der Waals surface area contributed by atoms with E-state index in [9.17, 15) is 9.18 Å². The molecule has 2 aromatic carbocycles. The van der Waals surface area contributed by atoms with Gasteiger partial charge >= 0.3 is 0 Å². The van der Waals surface area contributed by atoms with E-state index < -0.39 is 11.7 Å². The molecule has 0 saturated carbocycles. The molecule has 0 bridgehead atoms. The Labute approximate surface area is 126 Å². The van der Waals surface area contributed by atoms with Crippen molar-refractivity contribution in [3.05, 3.63) is 58.9 Å². The lowest BCUT2D eigenvalue weighted by atomic mass is 10.2. The summed E-state index contributed by atoms with van der Waals surface area (Å²) in [7, 11) is 0. The van der Waals surface area contributed by atoms with Gasteiger partial charge in [-0.25, -0.2) is 4.39 Å². The number of halogens is 2. The van der Waals surface area contributed by atoms with E-state index in [0.29, 0.717) is 11.4 Å². The van der Waals surface area contributed by atoms with E-state index in [0.717, 1.165) is 6.07 Å². The maximum Gasteiger partial charge on any atom is 0.257 e. The van der Waals surface area contributed by atoms with Crippen LogP contribution in [0.5, 0.6) is 5.75 Å². The maximum atomic E-state index is 12.9. The number of benzene rings is 2. The average molecular weight is 310 g/mol. The van der Waals surface area contributed by atoms with Crippen LogP contribution in [0.4, 0.5) is 10.1 Å². The maximum absolute atomic E-state index is 12.9. The number of nitrogens with one attached hydrogen (secondary N) is 1. The van der Waals surface area contributed by atoms with Crippen molar-refractivity contribution in [2.75, 3.05) is 18.5 Å². The van der Waals surface area contributed by atoms with E-state index in [1.54, 1.807) is 24.3 Å². The molecule has 1 amide bonds. The van der Waals surface area contributed by atoms with Gasteiger partial charge in [0.2, 0.25) is 0 Å². The SMILES string of the molecule is O=C(Nc1ccc(OCCO)cc1)c1ccc(F)cc1Cl. The van der Waals surface area contributed by atoms with Gasteiger partial charge in [-0.05, 0) is 42.5 Å². The van der Waals surface area contributed by atoms with Crippen LogP contribution >= 0.6 is 11.6 Å². The summed E-state index contributed by atoms with van der Waals surface area (Å²) in [4.78, 5) is 12.0. The van der Waals surface area contributed by atoms with E-state index in [2.05, 4.69) is 5.32 Å². The number of rotatable bonds is 5. The van der Waals surface area contributed by atoms with Gasteiger partial charge in [-0.2, -0.15) is 0 Å². The first-order chi connectivity index (χ1) is 10.1. The molecule has 0 aliphatic heterocycles. The third-order valence-corrected chi connectivity index (χ3v) is 2.96. The van der Waals surface area contributed by atoms with E-state index in [-0.39, 0.29) is 23.8 Å². The monoisotopic (exact) mass is 309 g/mol. The minimum absolute atomic E-state index is 0.0513. The van der Waals surface area contributed by atoms with Gasteiger partial charge in [-0.1, -0.05) is 11.6 Å². The van der Waals surface area contributed by atoms with Crippen molar-refractivity contribution in [3.63, 3.8) is 0 Å². The van der Waals surface area contributed by atoms with Gasteiger partial charge in [-0.15, -0.1) is 0 Å². The molecule has 6 heteroatoms. The Kier molecular flexibility index (Phi) is 5.14. The molecule has 0 saturated heterocycles. The molecule has 0 spiro atoms. The number of anilines is 1. The van der Waals surface area contributed by atoms with Gasteiger partial charge in [0.15, 0.2) is 0 Å². The number of amides is 1. The van der Waals surface area contributed by atoms with E-state index in [1.165, 1.54) is 12.1 Å². The highest BCUT2D eigenvalue weighted by molar-refractivity contribution is 6.34. The van der Waals surface area contributed by atoms with Crippen LogP contribution < -0.4 is 10.1 Å². The fraction of sp³-hybridized carbons (Fsp3) is 0.133. The van der Waals surface area contributed by atoms with Crippen molar-refractivity contribution in [2.24, 2.45) is 0 Å². The van der Waals surface area contributed by atoms with Gasteiger partial charge < -0.3 is 15.2 Å². The average Bonchev–Trinajstić information content (AvgIpc) is 2.46. The first-order valence-corrected chi connectivity index (χ1v) is 6.58. The molecule has 0 unspecified atom stereocenters. The lowest BCUT2D eigenvalue weighted by molar-refractivity contribution is 0.102. The predicted molar refractivity (Wildman–Crippen MR) is 78.4 cm³/mol. The number of carbonyl (C=O) groups excluding carboxylic acids is 1. The van der Waals surface area contributed by atoms with Crippen LogP contribution in [-0.2, 0) is 0 Å². The number of aliphatic hydroxyl groups excluding tert-OH is 1. The molecule has 0 heterocycles. The molecule has 2 N–H and O–H groups in total. The zero-order chi connectivity index (χ0) is 15.2. The molecule has 0 aliphatic rings. The molecule has 2 rings (SSSR count). The molecule has 110 valence electrons. The Balaban J connectivity index is 2.05. The fourth-order valence-electron chi connectivity index (χ4n) is 1.67. The van der Waals surface area contributed by atoms with E-state index >= 15 is 0 Å². The largest absolute Gasteiger partial charge is 0.491 e. The summed E-state index contributed by atoms with van der Waals surface area (Å²) in [6.07, 6.45) is 0. The summed E-state index contributed by atoms with van der Waals surface area (Å²) in [5.74, 6) is -0.340. The molecule has 0 atom stereocenters. The Morgan fingerprint density at radius 1 is 1.24 bits per heavy atom. The van der Waals surface area contributed by atoms with Crippen molar-refractivity contribution in [1.82, 2.24) is 0 Å². The summed E-state index contributed by atoms with van der Waals surface area (Å²) < 4.78 is 18.1. The molecule has 2 aromatic rings. The van der Waals surface area contributed by atoms with Crippen molar-refractivity contribution in [3.8, 4) is 5.75 Å². The molecule has 4 nitrogen and oxygen atoms in total.